The summed E-state index contributed by atoms with van der Waals surface area (Å²) in [6.07, 6.45) is 1.12. The van der Waals surface area contributed by atoms with Crippen molar-refractivity contribution < 1.29 is 23.7 Å². The van der Waals surface area contributed by atoms with Crippen LogP contribution in [0.3, 0.4) is 0 Å². The minimum absolute atomic E-state index is 0.0231. The van der Waals surface area contributed by atoms with Crippen molar-refractivity contribution in [2.45, 2.75) is 24.7 Å². The molecular weight excluding hydrogens is 466 g/mol. The van der Waals surface area contributed by atoms with Gasteiger partial charge in [-0.2, -0.15) is 0 Å². The highest BCUT2D eigenvalue weighted by atomic mass is 35.5. The molecule has 0 saturated carbocycles. The molecule has 0 aromatic heterocycles. The quantitative estimate of drug-likeness (QED) is 0.481. The monoisotopic (exact) mass is 489 g/mol. The SMILES string of the molecule is COc1ccc([C@H]2CC(=O)C3=C(C2)Nc2cc4c(cc2[C@H]3c2ccc(Cl)cc2)OCO4)cc1OC. The minimum atomic E-state index is -0.216. The summed E-state index contributed by atoms with van der Waals surface area (Å²) >= 11 is 6.18. The van der Waals surface area contributed by atoms with Gasteiger partial charge in [0.15, 0.2) is 28.8 Å². The molecule has 3 aromatic carbocycles. The molecule has 0 amide bonds. The van der Waals surface area contributed by atoms with Crippen LogP contribution in [0.1, 0.15) is 41.4 Å². The van der Waals surface area contributed by atoms with E-state index in [1.807, 2.05) is 54.6 Å². The summed E-state index contributed by atoms with van der Waals surface area (Å²) in [5.74, 6) is 2.66. The zero-order valence-electron chi connectivity index (χ0n) is 19.4. The molecule has 0 fully saturated rings. The molecule has 0 saturated heterocycles. The number of allylic oxidation sites excluding steroid dienone is 2. The standard InChI is InChI=1S/C28H24ClNO5/c1-32-23-8-5-16(11-24(23)33-2)17-9-21-28(22(31)10-17)27(15-3-6-18(29)7-4-15)19-12-25-26(35-14-34-25)13-20(19)30-21/h3-8,11-13,17,27,30H,9-10,14H2,1-2H3/t17-,27-/m1/s1. The second kappa shape index (κ2) is 8.54. The number of Topliss-reactive ketones (excluding diaryl/α,β-unsaturated/α-hetero) is 1. The van der Waals surface area contributed by atoms with Crippen LogP contribution in [-0.2, 0) is 4.79 Å². The fourth-order valence-corrected chi connectivity index (χ4v) is 5.48. The third-order valence-corrected chi connectivity index (χ3v) is 7.27. The highest BCUT2D eigenvalue weighted by Gasteiger charge is 2.39. The zero-order chi connectivity index (χ0) is 24.1. The summed E-state index contributed by atoms with van der Waals surface area (Å²) in [4.78, 5) is 13.7. The lowest BCUT2D eigenvalue weighted by molar-refractivity contribution is -0.116. The molecule has 35 heavy (non-hydrogen) atoms. The van der Waals surface area contributed by atoms with E-state index in [1.165, 1.54) is 0 Å². The van der Waals surface area contributed by atoms with Crippen molar-refractivity contribution in [1.82, 2.24) is 0 Å². The van der Waals surface area contributed by atoms with Gasteiger partial charge in [-0.05, 0) is 59.4 Å². The predicted molar refractivity (Wildman–Crippen MR) is 133 cm³/mol. The molecular formula is C28H24ClNO5. The summed E-state index contributed by atoms with van der Waals surface area (Å²) in [7, 11) is 3.24. The fraction of sp³-hybridized carbons (Fsp3) is 0.250. The van der Waals surface area contributed by atoms with E-state index in [1.54, 1.807) is 14.2 Å². The molecule has 0 unspecified atom stereocenters. The Hall–Kier alpha value is -3.64. The van der Waals surface area contributed by atoms with Crippen molar-refractivity contribution in [2.24, 2.45) is 0 Å². The molecule has 0 radical (unpaired) electrons. The first-order valence-corrected chi connectivity index (χ1v) is 11.9. The summed E-state index contributed by atoms with van der Waals surface area (Å²) in [6, 6.07) is 17.5. The van der Waals surface area contributed by atoms with Crippen LogP contribution in [0.5, 0.6) is 23.0 Å². The van der Waals surface area contributed by atoms with Gasteiger partial charge < -0.3 is 24.3 Å². The first kappa shape index (κ1) is 21.9. The lowest BCUT2D eigenvalue weighted by atomic mass is 9.72. The van der Waals surface area contributed by atoms with E-state index in [9.17, 15) is 4.79 Å². The molecule has 0 spiro atoms. The second-order valence-corrected chi connectivity index (χ2v) is 9.37. The average molecular weight is 490 g/mol. The van der Waals surface area contributed by atoms with Crippen LogP contribution in [-0.4, -0.2) is 26.8 Å². The molecule has 2 heterocycles. The van der Waals surface area contributed by atoms with E-state index in [-0.39, 0.29) is 24.4 Å². The Kier molecular flexibility index (Phi) is 5.33. The first-order valence-electron chi connectivity index (χ1n) is 11.5. The van der Waals surface area contributed by atoms with Crippen LogP contribution in [0.4, 0.5) is 5.69 Å². The van der Waals surface area contributed by atoms with Crippen LogP contribution >= 0.6 is 11.6 Å². The number of methoxy groups -OCH3 is 2. The Bertz CT molecular complexity index is 1360. The summed E-state index contributed by atoms with van der Waals surface area (Å²) < 4.78 is 22.2. The topological polar surface area (TPSA) is 66.0 Å². The van der Waals surface area contributed by atoms with Crippen molar-refractivity contribution in [2.75, 3.05) is 26.3 Å². The number of carbonyl (C=O) groups excluding carboxylic acids is 1. The number of nitrogens with one attached hydrogen (secondary N) is 1. The Labute approximate surface area is 208 Å². The maximum absolute atomic E-state index is 13.7. The van der Waals surface area contributed by atoms with E-state index in [2.05, 4.69) is 5.32 Å². The zero-order valence-corrected chi connectivity index (χ0v) is 20.1. The smallest absolute Gasteiger partial charge is 0.231 e. The van der Waals surface area contributed by atoms with Crippen molar-refractivity contribution >= 4 is 23.1 Å². The number of rotatable bonds is 4. The van der Waals surface area contributed by atoms with Crippen LogP contribution < -0.4 is 24.3 Å². The normalized spacial score (nSPS) is 20.1. The van der Waals surface area contributed by atoms with E-state index in [0.717, 1.165) is 33.6 Å². The van der Waals surface area contributed by atoms with Gasteiger partial charge in [0.25, 0.3) is 0 Å². The summed E-state index contributed by atoms with van der Waals surface area (Å²) in [5.41, 5.74) is 5.72. The molecule has 6 nitrogen and oxygen atoms in total. The Morgan fingerprint density at radius 1 is 0.886 bits per heavy atom. The number of ether oxygens (including phenoxy) is 4. The number of ketones is 1. The van der Waals surface area contributed by atoms with Crippen LogP contribution in [0.25, 0.3) is 0 Å². The molecule has 1 aliphatic carbocycles. The van der Waals surface area contributed by atoms with Gasteiger partial charge in [0.05, 0.1) is 14.2 Å². The maximum atomic E-state index is 13.7. The third-order valence-electron chi connectivity index (χ3n) is 7.02. The minimum Gasteiger partial charge on any atom is -0.493 e. The van der Waals surface area contributed by atoms with Gasteiger partial charge in [0.1, 0.15) is 0 Å². The average Bonchev–Trinajstić information content (AvgIpc) is 3.33. The van der Waals surface area contributed by atoms with E-state index in [0.29, 0.717) is 40.9 Å². The van der Waals surface area contributed by atoms with Crippen molar-refractivity contribution in [3.05, 3.63) is 87.6 Å². The summed E-state index contributed by atoms with van der Waals surface area (Å²) in [5, 5.41) is 4.22. The molecule has 6 rings (SSSR count). The van der Waals surface area contributed by atoms with Gasteiger partial charge in [-0.15, -0.1) is 0 Å². The largest absolute Gasteiger partial charge is 0.493 e. The molecule has 2 atom stereocenters. The fourth-order valence-electron chi connectivity index (χ4n) is 5.35. The van der Waals surface area contributed by atoms with Gasteiger partial charge >= 0.3 is 0 Å². The lowest BCUT2D eigenvalue weighted by Crippen LogP contribution is -2.29. The molecule has 2 aliphatic heterocycles. The Morgan fingerprint density at radius 3 is 2.34 bits per heavy atom. The first-order chi connectivity index (χ1) is 17.1. The highest BCUT2D eigenvalue weighted by molar-refractivity contribution is 6.30. The number of benzene rings is 3. The number of fused-ring (bicyclic) bond motifs is 2. The number of anilines is 1. The van der Waals surface area contributed by atoms with Gasteiger partial charge in [-0.1, -0.05) is 29.8 Å². The van der Waals surface area contributed by atoms with Gasteiger partial charge in [0, 0.05) is 40.4 Å². The third kappa shape index (κ3) is 3.69. The maximum Gasteiger partial charge on any atom is 0.231 e. The van der Waals surface area contributed by atoms with Crippen molar-refractivity contribution in [3.63, 3.8) is 0 Å². The molecule has 178 valence electrons. The number of halogens is 1. The van der Waals surface area contributed by atoms with Gasteiger partial charge in [-0.3, -0.25) is 4.79 Å². The van der Waals surface area contributed by atoms with Gasteiger partial charge in [0.2, 0.25) is 6.79 Å². The van der Waals surface area contributed by atoms with E-state index < -0.39 is 0 Å². The molecule has 1 N–H and O–H groups in total. The number of hydrogen-bond acceptors (Lipinski definition) is 6. The summed E-state index contributed by atoms with van der Waals surface area (Å²) in [6.45, 7) is 0.192. The molecule has 3 aliphatic rings. The lowest BCUT2D eigenvalue weighted by Gasteiger charge is -2.37. The number of hydrogen-bond donors (Lipinski definition) is 1. The van der Waals surface area contributed by atoms with Crippen molar-refractivity contribution in [3.8, 4) is 23.0 Å². The number of carbonyl (C=O) groups is 1. The molecule has 7 heteroatoms. The second-order valence-electron chi connectivity index (χ2n) is 8.94. The molecule has 0 bridgehead atoms. The van der Waals surface area contributed by atoms with Crippen LogP contribution in [0, 0.1) is 0 Å². The van der Waals surface area contributed by atoms with Crippen molar-refractivity contribution in [1.29, 1.82) is 0 Å². The predicted octanol–water partition coefficient (Wildman–Crippen LogP) is 6.04. The van der Waals surface area contributed by atoms with E-state index >= 15 is 0 Å². The highest BCUT2D eigenvalue weighted by Crippen LogP contribution is 2.51. The Balaban J connectivity index is 1.44. The van der Waals surface area contributed by atoms with E-state index in [4.69, 9.17) is 30.5 Å². The van der Waals surface area contributed by atoms with Crippen LogP contribution in [0.2, 0.25) is 5.02 Å². The Morgan fingerprint density at radius 2 is 1.60 bits per heavy atom. The van der Waals surface area contributed by atoms with Crippen LogP contribution in [0.15, 0.2) is 65.9 Å². The van der Waals surface area contributed by atoms with Gasteiger partial charge in [-0.25, -0.2) is 0 Å². The molecule has 3 aromatic rings.